The van der Waals surface area contributed by atoms with Gasteiger partial charge in [-0.25, -0.2) is 0 Å². The van der Waals surface area contributed by atoms with Crippen LogP contribution in [0.2, 0.25) is 0 Å². The first-order chi connectivity index (χ1) is 9.50. The van der Waals surface area contributed by atoms with Gasteiger partial charge in [-0.15, -0.1) is 13.2 Å². The average molecular weight is 379 g/mol. The summed E-state index contributed by atoms with van der Waals surface area (Å²) < 4.78 is 41.0. The van der Waals surface area contributed by atoms with Crippen LogP contribution in [0.1, 0.15) is 49.0 Å². The van der Waals surface area contributed by atoms with E-state index in [-0.39, 0.29) is 22.9 Å². The second-order valence-corrected chi connectivity index (χ2v) is 7.54. The smallest absolute Gasteiger partial charge is 0.600 e. The monoisotopic (exact) mass is 378 g/mol. The fourth-order valence-corrected chi connectivity index (χ4v) is 5.11. The predicted molar refractivity (Wildman–Crippen MR) is 78.3 cm³/mol. The molecule has 1 heterocycles. The maximum atomic E-state index is 13.5. The molecule has 3 rings (SSSR count). The SMILES string of the molecule is CCCc1ccc2cc(C3CCC3)[s+](C(F)(F)F)c2c1.[Br-]. The fourth-order valence-electron chi connectivity index (χ4n) is 2.89. The van der Waals surface area contributed by atoms with Gasteiger partial charge in [-0.05, 0) is 30.9 Å². The van der Waals surface area contributed by atoms with Crippen LogP contribution in [-0.2, 0) is 11.9 Å². The Hall–Kier alpha value is -0.550. The fraction of sp³-hybridized carbons (Fsp3) is 0.500. The highest BCUT2D eigenvalue weighted by molar-refractivity contribution is 7.38. The van der Waals surface area contributed by atoms with Crippen LogP contribution < -0.4 is 17.0 Å². The normalized spacial score (nSPS) is 16.7. The molecule has 1 aliphatic rings. The van der Waals surface area contributed by atoms with Crippen molar-refractivity contribution < 1.29 is 30.2 Å². The lowest BCUT2D eigenvalue weighted by Crippen LogP contribution is -3.00. The highest BCUT2D eigenvalue weighted by atomic mass is 79.9. The molecule has 0 nitrogen and oxygen atoms in total. The number of rotatable bonds is 3. The van der Waals surface area contributed by atoms with Crippen molar-refractivity contribution in [2.75, 3.05) is 0 Å². The molecule has 116 valence electrons. The largest absolute Gasteiger partial charge is 1.00 e. The molecule has 0 radical (unpaired) electrons. The summed E-state index contributed by atoms with van der Waals surface area (Å²) in [7, 11) is -1.69. The third-order valence-corrected chi connectivity index (χ3v) is 6.29. The number of alkyl halides is 3. The van der Waals surface area contributed by atoms with Gasteiger partial charge in [0.05, 0.1) is 10.5 Å². The molecule has 1 aromatic carbocycles. The van der Waals surface area contributed by atoms with E-state index in [4.69, 9.17) is 0 Å². The van der Waals surface area contributed by atoms with E-state index < -0.39 is 16.0 Å². The molecule has 2 aromatic rings. The first-order valence-corrected chi connectivity index (χ1v) is 8.39. The maximum absolute atomic E-state index is 13.5. The summed E-state index contributed by atoms with van der Waals surface area (Å²) in [5.74, 6) is 0.155. The third kappa shape index (κ3) is 3.14. The molecule has 0 amide bonds. The van der Waals surface area contributed by atoms with Crippen molar-refractivity contribution in [2.24, 2.45) is 0 Å². The summed E-state index contributed by atoms with van der Waals surface area (Å²) >= 11 is 0. The lowest BCUT2D eigenvalue weighted by atomic mass is 9.84. The van der Waals surface area contributed by atoms with Gasteiger partial charge in [-0.2, -0.15) is 0 Å². The molecule has 1 aromatic heterocycles. The van der Waals surface area contributed by atoms with Crippen molar-refractivity contribution in [1.82, 2.24) is 0 Å². The number of thiophene rings is 1. The Kier molecular flexibility index (Phi) is 5.03. The summed E-state index contributed by atoms with van der Waals surface area (Å²) in [4.78, 5) is 0.632. The first kappa shape index (κ1) is 16.8. The molecule has 1 fully saturated rings. The Morgan fingerprint density at radius 2 is 1.90 bits per heavy atom. The van der Waals surface area contributed by atoms with Crippen molar-refractivity contribution in [2.45, 2.75) is 50.5 Å². The van der Waals surface area contributed by atoms with E-state index in [1.165, 1.54) is 0 Å². The van der Waals surface area contributed by atoms with E-state index in [0.717, 1.165) is 43.1 Å². The number of fused-ring (bicyclic) bond motifs is 1. The van der Waals surface area contributed by atoms with E-state index in [2.05, 4.69) is 6.92 Å². The van der Waals surface area contributed by atoms with Crippen LogP contribution in [0.3, 0.4) is 0 Å². The topological polar surface area (TPSA) is 0 Å². The predicted octanol–water partition coefficient (Wildman–Crippen LogP) is 3.29. The first-order valence-electron chi connectivity index (χ1n) is 7.16. The summed E-state index contributed by atoms with van der Waals surface area (Å²) in [6.07, 6.45) is 4.71. The standard InChI is InChI=1S/C16H18F3S.BrH/c1-2-4-11-7-8-13-10-15(12-5-3-6-12)20(14(13)9-11)16(17,18)19;/h7-10,12H,2-6H2,1H3;1H/q+1;/p-1. The highest BCUT2D eigenvalue weighted by Crippen LogP contribution is 2.56. The minimum atomic E-state index is -4.14. The quantitative estimate of drug-likeness (QED) is 0.718. The molecule has 0 bridgehead atoms. The van der Waals surface area contributed by atoms with Gasteiger partial charge in [0.15, 0.2) is 9.58 Å². The summed E-state index contributed by atoms with van der Waals surface area (Å²) in [5, 5.41) is 0.785. The molecule has 1 saturated carbocycles. The molecule has 5 heteroatoms. The Morgan fingerprint density at radius 1 is 1.19 bits per heavy atom. The van der Waals surface area contributed by atoms with Crippen LogP contribution in [0.25, 0.3) is 10.1 Å². The molecule has 1 unspecified atom stereocenters. The molecule has 0 saturated heterocycles. The molecule has 0 spiro atoms. The van der Waals surface area contributed by atoms with Crippen LogP contribution >= 0.6 is 10.5 Å². The Bertz CT molecular complexity index is 626. The molecule has 1 atom stereocenters. The van der Waals surface area contributed by atoms with Gasteiger partial charge in [0.2, 0.25) is 0 Å². The minimum Gasteiger partial charge on any atom is -1.00 e. The van der Waals surface area contributed by atoms with Crippen LogP contribution in [0.5, 0.6) is 0 Å². The highest BCUT2D eigenvalue weighted by Gasteiger charge is 2.50. The van der Waals surface area contributed by atoms with Crippen LogP contribution in [0.15, 0.2) is 24.3 Å². The summed E-state index contributed by atoms with van der Waals surface area (Å²) in [6.45, 7) is 2.05. The van der Waals surface area contributed by atoms with Gasteiger partial charge in [-0.3, -0.25) is 0 Å². The van der Waals surface area contributed by atoms with E-state index >= 15 is 0 Å². The minimum absolute atomic E-state index is 0. The van der Waals surface area contributed by atoms with Crippen molar-refractivity contribution >= 4 is 20.6 Å². The van der Waals surface area contributed by atoms with Crippen molar-refractivity contribution in [3.05, 3.63) is 34.7 Å². The summed E-state index contributed by atoms with van der Waals surface area (Å²) in [6, 6.07) is 7.45. The molecule has 1 aliphatic carbocycles. The van der Waals surface area contributed by atoms with Crippen LogP contribution in [0, 0.1) is 0 Å². The molecule has 0 aliphatic heterocycles. The van der Waals surface area contributed by atoms with Gasteiger partial charge in [-0.1, -0.05) is 25.8 Å². The number of benzene rings is 1. The Balaban J connectivity index is 0.00000161. The zero-order chi connectivity index (χ0) is 14.3. The average Bonchev–Trinajstić information content (AvgIpc) is 2.64. The molecule has 0 N–H and O–H groups in total. The second-order valence-electron chi connectivity index (χ2n) is 5.55. The van der Waals surface area contributed by atoms with Gasteiger partial charge in [0.25, 0.3) is 0 Å². The maximum Gasteiger partial charge on any atom is 0.600 e. The molecular weight excluding hydrogens is 361 g/mol. The van der Waals surface area contributed by atoms with Gasteiger partial charge in [0, 0.05) is 23.4 Å². The van der Waals surface area contributed by atoms with E-state index in [0.29, 0.717) is 9.58 Å². The lowest BCUT2D eigenvalue weighted by Gasteiger charge is -2.21. The van der Waals surface area contributed by atoms with Crippen molar-refractivity contribution in [3.8, 4) is 0 Å². The summed E-state index contributed by atoms with van der Waals surface area (Å²) in [5.41, 5.74) is -3.12. The molecule has 21 heavy (non-hydrogen) atoms. The number of halogens is 4. The van der Waals surface area contributed by atoms with E-state index in [1.807, 2.05) is 18.2 Å². The number of hydrogen-bond acceptors (Lipinski definition) is 0. The van der Waals surface area contributed by atoms with E-state index in [9.17, 15) is 13.2 Å². The lowest BCUT2D eigenvalue weighted by molar-refractivity contribution is -0.0868. The van der Waals surface area contributed by atoms with Gasteiger partial charge >= 0.3 is 5.51 Å². The van der Waals surface area contributed by atoms with Gasteiger partial charge in [0.1, 0.15) is 0 Å². The van der Waals surface area contributed by atoms with E-state index in [1.54, 1.807) is 6.07 Å². The molecular formula is C16H18BrF3S. The number of hydrogen-bond donors (Lipinski definition) is 0. The zero-order valence-corrected chi connectivity index (χ0v) is 14.2. The zero-order valence-electron chi connectivity index (χ0n) is 11.8. The van der Waals surface area contributed by atoms with Crippen LogP contribution in [-0.4, -0.2) is 0 Å². The second kappa shape index (κ2) is 6.29. The van der Waals surface area contributed by atoms with Crippen LogP contribution in [0.4, 0.5) is 13.2 Å². The van der Waals surface area contributed by atoms with Crippen molar-refractivity contribution in [3.63, 3.8) is 0 Å². The third-order valence-electron chi connectivity index (χ3n) is 4.11. The Morgan fingerprint density at radius 3 is 2.43 bits per heavy atom. The Labute approximate surface area is 136 Å². The van der Waals surface area contributed by atoms with Gasteiger partial charge < -0.3 is 17.0 Å². The van der Waals surface area contributed by atoms with Crippen molar-refractivity contribution in [1.29, 1.82) is 0 Å². The number of aryl methyl sites for hydroxylation is 1.